The van der Waals surface area contributed by atoms with Crippen LogP contribution < -0.4 is 4.74 Å². The van der Waals surface area contributed by atoms with Crippen LogP contribution in [0.25, 0.3) is 22.8 Å². The number of halogens is 3. The topological polar surface area (TPSA) is 35.3 Å². The highest BCUT2D eigenvalue weighted by molar-refractivity contribution is 5.68. The molecule has 3 nitrogen and oxygen atoms in total. The van der Waals surface area contributed by atoms with Gasteiger partial charge in [-0.15, -0.1) is 0 Å². The van der Waals surface area contributed by atoms with Crippen molar-refractivity contribution in [3.8, 4) is 28.5 Å². The average Bonchev–Trinajstić information content (AvgIpc) is 3.03. The van der Waals surface area contributed by atoms with Crippen LogP contribution >= 0.6 is 0 Å². The molecule has 0 bridgehead atoms. The third-order valence-electron chi connectivity index (χ3n) is 3.57. The lowest BCUT2D eigenvalue weighted by Crippen LogP contribution is -2.05. The summed E-state index contributed by atoms with van der Waals surface area (Å²) in [6, 6.07) is 10.9. The number of hydrogen-bond acceptors (Lipinski definition) is 3. The molecule has 2 aromatic carbocycles. The van der Waals surface area contributed by atoms with Crippen molar-refractivity contribution in [3.63, 3.8) is 0 Å². The van der Waals surface area contributed by atoms with Crippen molar-refractivity contribution in [1.29, 1.82) is 0 Å². The number of hydrogen-bond donors (Lipinski definition) is 0. The van der Waals surface area contributed by atoms with E-state index < -0.39 is 11.7 Å². The largest absolute Gasteiger partial charge is 0.496 e. The lowest BCUT2D eigenvalue weighted by molar-refractivity contribution is -0.137. The van der Waals surface area contributed by atoms with E-state index in [1.54, 1.807) is 0 Å². The molecule has 0 aliphatic carbocycles. The fraction of sp³-hybridized carbons (Fsp3) is 0.167. The molecule has 1 aromatic heterocycles. The van der Waals surface area contributed by atoms with Crippen molar-refractivity contribution in [3.05, 3.63) is 59.8 Å². The van der Waals surface area contributed by atoms with Crippen LogP contribution in [0.3, 0.4) is 0 Å². The van der Waals surface area contributed by atoms with Gasteiger partial charge in [0.15, 0.2) is 5.76 Å². The van der Waals surface area contributed by atoms with Crippen molar-refractivity contribution >= 4 is 0 Å². The Bertz CT molecular complexity index is 869. The van der Waals surface area contributed by atoms with Gasteiger partial charge >= 0.3 is 6.18 Å². The predicted molar refractivity (Wildman–Crippen MR) is 83.7 cm³/mol. The third-order valence-corrected chi connectivity index (χ3v) is 3.57. The molecular weight excluding hydrogens is 319 g/mol. The average molecular weight is 333 g/mol. The summed E-state index contributed by atoms with van der Waals surface area (Å²) in [6.07, 6.45) is -2.96. The molecule has 6 heteroatoms. The first-order valence-corrected chi connectivity index (χ1v) is 7.17. The normalized spacial score (nSPS) is 11.5. The molecule has 3 aromatic rings. The van der Waals surface area contributed by atoms with E-state index in [4.69, 9.17) is 9.15 Å². The maximum Gasteiger partial charge on any atom is 0.416 e. The van der Waals surface area contributed by atoms with E-state index in [0.717, 1.165) is 23.3 Å². The van der Waals surface area contributed by atoms with Crippen LogP contribution in [0.1, 0.15) is 11.1 Å². The predicted octanol–water partition coefficient (Wildman–Crippen LogP) is 5.34. The van der Waals surface area contributed by atoms with E-state index in [-0.39, 0.29) is 5.75 Å². The van der Waals surface area contributed by atoms with Crippen molar-refractivity contribution < 1.29 is 22.3 Å². The van der Waals surface area contributed by atoms with E-state index in [2.05, 4.69) is 4.98 Å². The van der Waals surface area contributed by atoms with Crippen molar-refractivity contribution in [2.75, 3.05) is 7.11 Å². The summed E-state index contributed by atoms with van der Waals surface area (Å²) in [6.45, 7) is 1.95. The number of benzene rings is 2. The maximum atomic E-state index is 12.8. The second-order valence-corrected chi connectivity index (χ2v) is 5.31. The highest BCUT2D eigenvalue weighted by atomic mass is 19.4. The summed E-state index contributed by atoms with van der Waals surface area (Å²) in [4.78, 5) is 4.21. The maximum absolute atomic E-state index is 12.8. The molecule has 24 heavy (non-hydrogen) atoms. The first-order chi connectivity index (χ1) is 11.4. The fourth-order valence-electron chi connectivity index (χ4n) is 2.38. The van der Waals surface area contributed by atoms with Gasteiger partial charge in [0, 0.05) is 5.56 Å². The van der Waals surface area contributed by atoms with E-state index in [0.29, 0.717) is 17.2 Å². The number of alkyl halides is 3. The first-order valence-electron chi connectivity index (χ1n) is 7.17. The number of nitrogens with zero attached hydrogens (tertiary/aromatic N) is 1. The highest BCUT2D eigenvalue weighted by Crippen LogP contribution is 2.38. The zero-order valence-electron chi connectivity index (χ0n) is 13.0. The van der Waals surface area contributed by atoms with Gasteiger partial charge in [-0.25, -0.2) is 4.98 Å². The minimum absolute atomic E-state index is 0.0803. The van der Waals surface area contributed by atoms with Crippen LogP contribution in [-0.2, 0) is 6.18 Å². The van der Waals surface area contributed by atoms with Gasteiger partial charge in [0.25, 0.3) is 0 Å². The summed E-state index contributed by atoms with van der Waals surface area (Å²) in [5.41, 5.74) is 1.49. The van der Waals surface area contributed by atoms with E-state index >= 15 is 0 Å². The Hall–Kier alpha value is -2.76. The summed E-state index contributed by atoms with van der Waals surface area (Å²) in [7, 11) is 1.32. The van der Waals surface area contributed by atoms with Crippen LogP contribution in [-0.4, -0.2) is 12.1 Å². The Balaban J connectivity index is 2.01. The minimum atomic E-state index is -4.43. The molecule has 0 atom stereocenters. The summed E-state index contributed by atoms with van der Waals surface area (Å²) in [5.74, 6) is 0.824. The smallest absolute Gasteiger partial charge is 0.416 e. The van der Waals surface area contributed by atoms with Crippen LogP contribution in [0.5, 0.6) is 5.75 Å². The molecule has 0 radical (unpaired) electrons. The Morgan fingerprint density at radius 1 is 1.08 bits per heavy atom. The zero-order chi connectivity index (χ0) is 17.3. The number of aromatic nitrogens is 1. The molecule has 3 rings (SSSR count). The lowest BCUT2D eigenvalue weighted by Gasteiger charge is -2.11. The first kappa shape index (κ1) is 16.1. The van der Waals surface area contributed by atoms with Crippen LogP contribution in [0.15, 0.2) is 53.1 Å². The fourth-order valence-corrected chi connectivity index (χ4v) is 2.38. The number of aryl methyl sites for hydroxylation is 1. The number of ether oxygens (including phenoxy) is 1. The van der Waals surface area contributed by atoms with Gasteiger partial charge in [-0.2, -0.15) is 13.2 Å². The highest BCUT2D eigenvalue weighted by Gasteiger charge is 2.31. The molecule has 0 saturated heterocycles. The molecule has 0 fully saturated rings. The standard InChI is InChI=1S/C18H14F3NO2/c1-11-4-3-5-12(8-11)17-22-10-16(24-17)14-7-6-13(18(19,20)21)9-15(14)23-2/h3-10H,1-2H3. The minimum Gasteiger partial charge on any atom is -0.496 e. The van der Waals surface area contributed by atoms with Crippen LogP contribution in [0.4, 0.5) is 13.2 Å². The second kappa shape index (κ2) is 6.03. The molecule has 0 spiro atoms. The molecular formula is C18H14F3NO2. The van der Waals surface area contributed by atoms with E-state index in [1.165, 1.54) is 19.4 Å². The monoisotopic (exact) mass is 333 g/mol. The van der Waals surface area contributed by atoms with Crippen LogP contribution in [0.2, 0.25) is 0 Å². The Labute approximate surface area is 136 Å². The SMILES string of the molecule is COc1cc(C(F)(F)F)ccc1-c1cnc(-c2cccc(C)c2)o1. The Morgan fingerprint density at radius 2 is 1.88 bits per heavy atom. The lowest BCUT2D eigenvalue weighted by atomic mass is 10.1. The third kappa shape index (κ3) is 3.13. The van der Waals surface area contributed by atoms with Gasteiger partial charge in [0.1, 0.15) is 5.75 Å². The Morgan fingerprint density at radius 3 is 2.54 bits per heavy atom. The van der Waals surface area contributed by atoms with E-state index in [1.807, 2.05) is 31.2 Å². The van der Waals surface area contributed by atoms with Gasteiger partial charge < -0.3 is 9.15 Å². The zero-order valence-corrected chi connectivity index (χ0v) is 13.0. The Kier molecular flexibility index (Phi) is 4.05. The van der Waals surface area contributed by atoms with Crippen molar-refractivity contribution in [2.45, 2.75) is 13.1 Å². The molecule has 0 unspecified atom stereocenters. The molecule has 124 valence electrons. The number of methoxy groups -OCH3 is 1. The van der Waals surface area contributed by atoms with Crippen LogP contribution in [0, 0.1) is 6.92 Å². The van der Waals surface area contributed by atoms with Crippen molar-refractivity contribution in [2.24, 2.45) is 0 Å². The molecule has 0 N–H and O–H groups in total. The van der Waals surface area contributed by atoms with E-state index in [9.17, 15) is 13.2 Å². The van der Waals surface area contributed by atoms with Crippen molar-refractivity contribution in [1.82, 2.24) is 4.98 Å². The molecule has 0 amide bonds. The van der Waals surface area contributed by atoms with Gasteiger partial charge in [0.05, 0.1) is 24.4 Å². The molecule has 0 aliphatic heterocycles. The van der Waals surface area contributed by atoms with Gasteiger partial charge in [-0.05, 0) is 37.3 Å². The summed E-state index contributed by atoms with van der Waals surface area (Å²) in [5, 5.41) is 0. The number of oxazole rings is 1. The quantitative estimate of drug-likeness (QED) is 0.648. The second-order valence-electron chi connectivity index (χ2n) is 5.31. The molecule has 0 aliphatic rings. The number of rotatable bonds is 3. The van der Waals surface area contributed by atoms with Gasteiger partial charge in [-0.3, -0.25) is 0 Å². The van der Waals surface area contributed by atoms with Gasteiger partial charge in [-0.1, -0.05) is 17.7 Å². The summed E-state index contributed by atoms with van der Waals surface area (Å²) < 4.78 is 49.2. The summed E-state index contributed by atoms with van der Waals surface area (Å²) >= 11 is 0. The van der Waals surface area contributed by atoms with Gasteiger partial charge in [0.2, 0.25) is 5.89 Å². The molecule has 0 saturated carbocycles. The molecule has 1 heterocycles.